The van der Waals surface area contributed by atoms with Gasteiger partial charge in [0.15, 0.2) is 0 Å². The number of methoxy groups -OCH3 is 1. The lowest BCUT2D eigenvalue weighted by molar-refractivity contribution is 0.0265. The van der Waals surface area contributed by atoms with Crippen LogP contribution in [-0.4, -0.2) is 56.7 Å². The van der Waals surface area contributed by atoms with Gasteiger partial charge in [0, 0.05) is 24.7 Å². The van der Waals surface area contributed by atoms with Gasteiger partial charge in [-0.3, -0.25) is 0 Å². The minimum atomic E-state index is 0.0418. The second-order valence-corrected chi connectivity index (χ2v) is 6.55. The normalized spacial score (nSPS) is 18.6. The monoisotopic (exact) mass is 291 g/mol. The standard InChI is InChI=1S/C17H29N3O/c1-19(2)17(10-5-11-17)13-20(3)12-16(18)14-6-8-15(21-4)9-7-14/h6-9,16H,5,10-13,18H2,1-4H3. The molecule has 21 heavy (non-hydrogen) atoms. The van der Waals surface area contributed by atoms with Gasteiger partial charge in [-0.25, -0.2) is 0 Å². The smallest absolute Gasteiger partial charge is 0.118 e. The van der Waals surface area contributed by atoms with Gasteiger partial charge in [0.05, 0.1) is 7.11 Å². The highest BCUT2D eigenvalue weighted by Crippen LogP contribution is 2.36. The van der Waals surface area contributed by atoms with E-state index in [1.807, 2.05) is 12.1 Å². The Morgan fingerprint density at radius 1 is 1.19 bits per heavy atom. The summed E-state index contributed by atoms with van der Waals surface area (Å²) in [7, 11) is 8.24. The molecule has 1 unspecified atom stereocenters. The topological polar surface area (TPSA) is 41.7 Å². The van der Waals surface area contributed by atoms with Gasteiger partial charge >= 0.3 is 0 Å². The van der Waals surface area contributed by atoms with Crippen molar-refractivity contribution in [3.63, 3.8) is 0 Å². The summed E-state index contributed by atoms with van der Waals surface area (Å²) >= 11 is 0. The second-order valence-electron chi connectivity index (χ2n) is 6.55. The van der Waals surface area contributed by atoms with E-state index < -0.39 is 0 Å². The Hall–Kier alpha value is -1.10. The van der Waals surface area contributed by atoms with Gasteiger partial charge in [-0.1, -0.05) is 12.1 Å². The minimum absolute atomic E-state index is 0.0418. The maximum atomic E-state index is 6.35. The van der Waals surface area contributed by atoms with E-state index in [0.29, 0.717) is 5.54 Å². The molecule has 4 nitrogen and oxygen atoms in total. The highest BCUT2D eigenvalue weighted by atomic mass is 16.5. The summed E-state index contributed by atoms with van der Waals surface area (Å²) in [5.74, 6) is 0.875. The van der Waals surface area contributed by atoms with Crippen LogP contribution in [0.1, 0.15) is 30.9 Å². The van der Waals surface area contributed by atoms with Gasteiger partial charge in [-0.05, 0) is 58.1 Å². The number of rotatable bonds is 7. The third-order valence-electron chi connectivity index (χ3n) is 4.85. The molecular formula is C17H29N3O. The van der Waals surface area contributed by atoms with E-state index in [2.05, 4.69) is 43.1 Å². The van der Waals surface area contributed by atoms with Gasteiger partial charge in [0.1, 0.15) is 5.75 Å². The zero-order valence-electron chi connectivity index (χ0n) is 13.8. The summed E-state index contributed by atoms with van der Waals surface area (Å²) in [5, 5.41) is 0. The summed E-state index contributed by atoms with van der Waals surface area (Å²) in [6.45, 7) is 1.96. The Labute approximate surface area is 128 Å². The fraction of sp³-hybridized carbons (Fsp3) is 0.647. The maximum Gasteiger partial charge on any atom is 0.118 e. The number of likely N-dealkylation sites (N-methyl/N-ethyl adjacent to an activating group) is 2. The predicted octanol–water partition coefficient (Wildman–Crippen LogP) is 2.11. The van der Waals surface area contributed by atoms with Crippen molar-refractivity contribution in [3.8, 4) is 5.75 Å². The molecule has 1 aliphatic rings. The SMILES string of the molecule is COc1ccc(C(N)CN(C)CC2(N(C)C)CCC2)cc1. The molecule has 0 spiro atoms. The number of nitrogens with zero attached hydrogens (tertiary/aromatic N) is 2. The lowest BCUT2D eigenvalue weighted by Gasteiger charge is -2.49. The lowest BCUT2D eigenvalue weighted by atomic mass is 9.75. The Morgan fingerprint density at radius 2 is 1.81 bits per heavy atom. The van der Waals surface area contributed by atoms with Crippen molar-refractivity contribution in [2.75, 3.05) is 41.3 Å². The molecule has 1 aliphatic carbocycles. The molecule has 0 saturated heterocycles. The third-order valence-corrected chi connectivity index (χ3v) is 4.85. The van der Waals surface area contributed by atoms with Crippen molar-refractivity contribution in [1.82, 2.24) is 9.80 Å². The summed E-state index contributed by atoms with van der Waals surface area (Å²) in [4.78, 5) is 4.75. The van der Waals surface area contributed by atoms with Gasteiger partial charge in [-0.2, -0.15) is 0 Å². The zero-order chi connectivity index (χ0) is 15.5. The van der Waals surface area contributed by atoms with Crippen LogP contribution in [0.2, 0.25) is 0 Å². The molecule has 0 radical (unpaired) electrons. The lowest BCUT2D eigenvalue weighted by Crippen LogP contribution is -2.57. The average molecular weight is 291 g/mol. The Balaban J connectivity index is 1.90. The molecular weight excluding hydrogens is 262 g/mol. The molecule has 118 valence electrons. The Kier molecular flexibility index (Phi) is 5.25. The molecule has 4 heteroatoms. The summed E-state index contributed by atoms with van der Waals surface area (Å²) in [6, 6.07) is 8.11. The van der Waals surface area contributed by atoms with Crippen molar-refractivity contribution in [1.29, 1.82) is 0 Å². The van der Waals surface area contributed by atoms with Crippen LogP contribution in [0, 0.1) is 0 Å². The average Bonchev–Trinajstić information content (AvgIpc) is 2.42. The largest absolute Gasteiger partial charge is 0.497 e. The van der Waals surface area contributed by atoms with Crippen molar-refractivity contribution >= 4 is 0 Å². The quantitative estimate of drug-likeness (QED) is 0.835. The second kappa shape index (κ2) is 6.77. The summed E-state index contributed by atoms with van der Waals surface area (Å²) in [5.41, 5.74) is 7.86. The minimum Gasteiger partial charge on any atom is -0.497 e. The van der Waals surface area contributed by atoms with Crippen molar-refractivity contribution in [2.45, 2.75) is 30.8 Å². The van der Waals surface area contributed by atoms with E-state index >= 15 is 0 Å². The van der Waals surface area contributed by atoms with E-state index in [1.165, 1.54) is 19.3 Å². The fourth-order valence-corrected chi connectivity index (χ4v) is 3.19. The first-order valence-corrected chi connectivity index (χ1v) is 7.72. The van der Waals surface area contributed by atoms with Crippen LogP contribution in [0.25, 0.3) is 0 Å². The van der Waals surface area contributed by atoms with Crippen LogP contribution < -0.4 is 10.5 Å². The van der Waals surface area contributed by atoms with Crippen molar-refractivity contribution in [2.24, 2.45) is 5.73 Å². The van der Waals surface area contributed by atoms with Crippen LogP contribution in [0.15, 0.2) is 24.3 Å². The van der Waals surface area contributed by atoms with E-state index in [1.54, 1.807) is 7.11 Å². The Morgan fingerprint density at radius 3 is 2.24 bits per heavy atom. The molecule has 1 aromatic rings. The molecule has 1 aromatic carbocycles. The molecule has 0 aromatic heterocycles. The summed E-state index contributed by atoms with van der Waals surface area (Å²) < 4.78 is 5.19. The van der Waals surface area contributed by atoms with E-state index in [-0.39, 0.29) is 6.04 Å². The van der Waals surface area contributed by atoms with E-state index in [9.17, 15) is 0 Å². The van der Waals surface area contributed by atoms with Gasteiger partial charge in [-0.15, -0.1) is 0 Å². The molecule has 0 amide bonds. The molecule has 0 aliphatic heterocycles. The van der Waals surface area contributed by atoms with Crippen LogP contribution in [0.4, 0.5) is 0 Å². The molecule has 0 heterocycles. The zero-order valence-corrected chi connectivity index (χ0v) is 13.8. The van der Waals surface area contributed by atoms with Crippen molar-refractivity contribution in [3.05, 3.63) is 29.8 Å². The van der Waals surface area contributed by atoms with Gasteiger partial charge < -0.3 is 20.3 Å². The number of hydrogen-bond donors (Lipinski definition) is 1. The first kappa shape index (κ1) is 16.3. The molecule has 1 atom stereocenters. The van der Waals surface area contributed by atoms with Crippen LogP contribution in [0.5, 0.6) is 5.75 Å². The third kappa shape index (κ3) is 3.76. The Bertz CT molecular complexity index is 440. The molecule has 0 bridgehead atoms. The first-order chi connectivity index (χ1) is 9.97. The van der Waals surface area contributed by atoms with Gasteiger partial charge in [0.2, 0.25) is 0 Å². The highest BCUT2D eigenvalue weighted by molar-refractivity contribution is 5.29. The molecule has 1 saturated carbocycles. The van der Waals surface area contributed by atoms with Crippen LogP contribution in [-0.2, 0) is 0 Å². The van der Waals surface area contributed by atoms with E-state index in [0.717, 1.165) is 24.4 Å². The number of hydrogen-bond acceptors (Lipinski definition) is 4. The predicted molar refractivity (Wildman–Crippen MR) is 87.7 cm³/mol. The van der Waals surface area contributed by atoms with Crippen LogP contribution >= 0.6 is 0 Å². The maximum absolute atomic E-state index is 6.35. The molecule has 2 N–H and O–H groups in total. The first-order valence-electron chi connectivity index (χ1n) is 7.72. The van der Waals surface area contributed by atoms with E-state index in [4.69, 9.17) is 10.5 Å². The number of ether oxygens (including phenoxy) is 1. The molecule has 1 fully saturated rings. The van der Waals surface area contributed by atoms with Crippen molar-refractivity contribution < 1.29 is 4.74 Å². The summed E-state index contributed by atoms with van der Waals surface area (Å²) in [6.07, 6.45) is 3.93. The number of nitrogens with two attached hydrogens (primary N) is 1. The van der Waals surface area contributed by atoms with Gasteiger partial charge in [0.25, 0.3) is 0 Å². The molecule has 2 rings (SSSR count). The highest BCUT2D eigenvalue weighted by Gasteiger charge is 2.39. The van der Waals surface area contributed by atoms with Crippen LogP contribution in [0.3, 0.4) is 0 Å². The number of benzene rings is 1. The fourth-order valence-electron chi connectivity index (χ4n) is 3.19.